The number of hydrogen-bond acceptors (Lipinski definition) is 6. The van der Waals surface area contributed by atoms with Crippen LogP contribution < -0.4 is 10.6 Å². The van der Waals surface area contributed by atoms with Crippen molar-refractivity contribution in [1.29, 1.82) is 0 Å². The lowest BCUT2D eigenvalue weighted by Crippen LogP contribution is -2.08. The molecule has 1 aliphatic rings. The fraction of sp³-hybridized carbons (Fsp3) is 0.130. The summed E-state index contributed by atoms with van der Waals surface area (Å²) in [6, 6.07) is 14.5. The van der Waals surface area contributed by atoms with Gasteiger partial charge < -0.3 is 10.6 Å². The minimum Gasteiger partial charge on any atom is -0.354 e. The van der Waals surface area contributed by atoms with E-state index in [1.54, 1.807) is 18.6 Å². The Labute approximate surface area is 169 Å². The van der Waals surface area contributed by atoms with Crippen LogP contribution in [0.15, 0.2) is 67.3 Å². The van der Waals surface area contributed by atoms with Crippen LogP contribution in [0.1, 0.15) is 11.1 Å². The average molecular weight is 380 g/mol. The molecule has 4 heterocycles. The summed E-state index contributed by atoms with van der Waals surface area (Å²) in [4.78, 5) is 18.1. The lowest BCUT2D eigenvalue weighted by atomic mass is 10.0. The van der Waals surface area contributed by atoms with Crippen LogP contribution >= 0.6 is 0 Å². The number of nitrogens with zero attached hydrogens (tertiary/aromatic N) is 4. The lowest BCUT2D eigenvalue weighted by molar-refractivity contribution is 0.984. The van der Waals surface area contributed by atoms with Gasteiger partial charge in [-0.2, -0.15) is 0 Å². The van der Waals surface area contributed by atoms with Gasteiger partial charge in [0.25, 0.3) is 0 Å². The van der Waals surface area contributed by atoms with Crippen LogP contribution in [0.4, 0.5) is 17.5 Å². The van der Waals surface area contributed by atoms with E-state index in [4.69, 9.17) is 4.98 Å². The molecule has 0 radical (unpaired) electrons. The summed E-state index contributed by atoms with van der Waals surface area (Å²) >= 11 is 0. The van der Waals surface area contributed by atoms with Crippen molar-refractivity contribution in [1.82, 2.24) is 19.9 Å². The largest absolute Gasteiger partial charge is 0.354 e. The smallest absolute Gasteiger partial charge is 0.223 e. The van der Waals surface area contributed by atoms with Gasteiger partial charge in [-0.05, 0) is 37.1 Å². The predicted octanol–water partition coefficient (Wildman–Crippen LogP) is 4.62. The summed E-state index contributed by atoms with van der Waals surface area (Å²) in [5, 5.41) is 6.73. The summed E-state index contributed by atoms with van der Waals surface area (Å²) in [6.07, 6.45) is 8.14. The van der Waals surface area contributed by atoms with Gasteiger partial charge >= 0.3 is 0 Å². The molecule has 142 valence electrons. The van der Waals surface area contributed by atoms with Crippen molar-refractivity contribution in [3.8, 4) is 22.4 Å². The van der Waals surface area contributed by atoms with E-state index in [1.165, 1.54) is 11.1 Å². The third-order valence-electron chi connectivity index (χ3n) is 5.03. The third kappa shape index (κ3) is 3.40. The van der Waals surface area contributed by atoms with Crippen molar-refractivity contribution >= 4 is 17.5 Å². The van der Waals surface area contributed by atoms with Gasteiger partial charge in [0.2, 0.25) is 5.95 Å². The number of aromatic nitrogens is 4. The maximum atomic E-state index is 4.84. The molecule has 0 spiro atoms. The molecule has 2 N–H and O–H groups in total. The summed E-state index contributed by atoms with van der Waals surface area (Å²) in [7, 11) is 0. The molecule has 0 saturated heterocycles. The highest BCUT2D eigenvalue weighted by Crippen LogP contribution is 2.41. The minimum absolute atomic E-state index is 0.614. The van der Waals surface area contributed by atoms with Gasteiger partial charge in [0.1, 0.15) is 5.82 Å². The molecule has 0 atom stereocenters. The Morgan fingerprint density at radius 3 is 2.69 bits per heavy atom. The SMILES string of the molecule is Cc1ccc(CCNc2ncc3c(n2)-c2cccnc2Nc2cnccc2-3)cc1. The summed E-state index contributed by atoms with van der Waals surface area (Å²) in [5.74, 6) is 1.38. The second-order valence-electron chi connectivity index (χ2n) is 7.06. The van der Waals surface area contributed by atoms with Gasteiger partial charge in [0, 0.05) is 41.8 Å². The molecule has 0 fully saturated rings. The van der Waals surface area contributed by atoms with Crippen LogP contribution in [0.3, 0.4) is 0 Å². The van der Waals surface area contributed by atoms with Crippen molar-refractivity contribution < 1.29 is 0 Å². The number of nitrogens with one attached hydrogen (secondary N) is 2. The van der Waals surface area contributed by atoms with E-state index in [2.05, 4.69) is 56.8 Å². The zero-order chi connectivity index (χ0) is 19.6. The molecule has 0 bridgehead atoms. The molecule has 1 aromatic carbocycles. The lowest BCUT2D eigenvalue weighted by Gasteiger charge is -2.11. The van der Waals surface area contributed by atoms with E-state index < -0.39 is 0 Å². The van der Waals surface area contributed by atoms with Crippen molar-refractivity contribution in [2.45, 2.75) is 13.3 Å². The highest BCUT2D eigenvalue weighted by Gasteiger charge is 2.21. The Balaban J connectivity index is 1.47. The molecule has 4 aromatic rings. The molecule has 0 amide bonds. The molecule has 6 nitrogen and oxygen atoms in total. The van der Waals surface area contributed by atoms with E-state index in [0.29, 0.717) is 5.95 Å². The first-order valence-electron chi connectivity index (χ1n) is 9.61. The molecular formula is C23H20N6. The van der Waals surface area contributed by atoms with E-state index >= 15 is 0 Å². The third-order valence-corrected chi connectivity index (χ3v) is 5.03. The number of benzene rings is 1. The highest BCUT2D eigenvalue weighted by atomic mass is 15.1. The average Bonchev–Trinajstić information content (AvgIpc) is 2.89. The second-order valence-corrected chi connectivity index (χ2v) is 7.06. The van der Waals surface area contributed by atoms with Crippen molar-refractivity contribution in [3.05, 3.63) is 78.4 Å². The number of rotatable bonds is 4. The fourth-order valence-corrected chi connectivity index (χ4v) is 3.50. The van der Waals surface area contributed by atoms with E-state index in [-0.39, 0.29) is 0 Å². The van der Waals surface area contributed by atoms with Crippen LogP contribution in [0.2, 0.25) is 0 Å². The quantitative estimate of drug-likeness (QED) is 0.474. The highest BCUT2D eigenvalue weighted by molar-refractivity contribution is 5.95. The van der Waals surface area contributed by atoms with E-state index in [9.17, 15) is 0 Å². The summed E-state index contributed by atoms with van der Waals surface area (Å²) in [5.41, 5.74) is 7.24. The first-order valence-corrected chi connectivity index (χ1v) is 9.61. The number of hydrogen-bond donors (Lipinski definition) is 2. The van der Waals surface area contributed by atoms with Crippen LogP contribution in [0.25, 0.3) is 22.4 Å². The van der Waals surface area contributed by atoms with E-state index in [1.807, 2.05) is 24.4 Å². The molecule has 0 aliphatic carbocycles. The maximum absolute atomic E-state index is 4.84. The zero-order valence-electron chi connectivity index (χ0n) is 16.1. The van der Waals surface area contributed by atoms with Crippen molar-refractivity contribution in [3.63, 3.8) is 0 Å². The Morgan fingerprint density at radius 1 is 0.897 bits per heavy atom. The Morgan fingerprint density at radius 2 is 1.79 bits per heavy atom. The Bertz CT molecular complexity index is 1170. The first-order chi connectivity index (χ1) is 14.3. The molecule has 29 heavy (non-hydrogen) atoms. The minimum atomic E-state index is 0.614. The first kappa shape index (κ1) is 17.3. The molecular weight excluding hydrogens is 360 g/mol. The van der Waals surface area contributed by atoms with Gasteiger partial charge in [0.05, 0.1) is 17.6 Å². The normalized spacial score (nSPS) is 11.5. The number of aryl methyl sites for hydroxylation is 1. The Kier molecular flexibility index (Phi) is 4.37. The van der Waals surface area contributed by atoms with Crippen LogP contribution in [-0.2, 0) is 6.42 Å². The maximum Gasteiger partial charge on any atom is 0.223 e. The van der Waals surface area contributed by atoms with Gasteiger partial charge in [-0.3, -0.25) is 4.98 Å². The van der Waals surface area contributed by atoms with Crippen LogP contribution in [-0.4, -0.2) is 26.5 Å². The monoisotopic (exact) mass is 380 g/mol. The number of pyridine rings is 2. The van der Waals surface area contributed by atoms with E-state index in [0.717, 1.165) is 46.9 Å². The van der Waals surface area contributed by atoms with Crippen LogP contribution in [0, 0.1) is 6.92 Å². The van der Waals surface area contributed by atoms with Crippen molar-refractivity contribution in [2.75, 3.05) is 17.2 Å². The Hall–Kier alpha value is -3.80. The standard InChI is InChI=1S/C23H20N6/c1-15-4-6-16(7-5-15)8-12-26-23-27-13-19-17-9-11-24-14-20(17)28-22-18(21(19)29-23)3-2-10-25-22/h2-7,9-11,13-14H,8,12H2,1H3,(H,25,28)(H,26,27,29). The van der Waals surface area contributed by atoms with Gasteiger partial charge in [-0.1, -0.05) is 29.8 Å². The molecule has 5 rings (SSSR count). The number of anilines is 3. The summed E-state index contributed by atoms with van der Waals surface area (Å²) in [6.45, 7) is 2.86. The molecule has 0 unspecified atom stereocenters. The van der Waals surface area contributed by atoms with Crippen LogP contribution in [0.5, 0.6) is 0 Å². The van der Waals surface area contributed by atoms with Crippen molar-refractivity contribution in [2.24, 2.45) is 0 Å². The molecule has 0 saturated carbocycles. The molecule has 3 aromatic heterocycles. The topological polar surface area (TPSA) is 75.6 Å². The van der Waals surface area contributed by atoms with Gasteiger partial charge in [-0.25, -0.2) is 15.0 Å². The fourth-order valence-electron chi connectivity index (χ4n) is 3.50. The zero-order valence-corrected chi connectivity index (χ0v) is 16.1. The number of fused-ring (bicyclic) bond motifs is 5. The van der Waals surface area contributed by atoms with Gasteiger partial charge in [0.15, 0.2) is 0 Å². The summed E-state index contributed by atoms with van der Waals surface area (Å²) < 4.78 is 0. The predicted molar refractivity (Wildman–Crippen MR) is 115 cm³/mol. The molecule has 6 heteroatoms. The second kappa shape index (κ2) is 7.31. The van der Waals surface area contributed by atoms with Gasteiger partial charge in [-0.15, -0.1) is 0 Å². The molecule has 1 aliphatic heterocycles.